The van der Waals surface area contributed by atoms with Crippen LogP contribution in [0.25, 0.3) is 11.3 Å². The molecule has 1 aromatic carbocycles. The first-order valence-electron chi connectivity index (χ1n) is 4.24. The minimum absolute atomic E-state index is 0.591. The molecule has 0 bridgehead atoms. The maximum Gasteiger partial charge on any atom is 0.0731 e. The van der Waals surface area contributed by atoms with Crippen LogP contribution in [0.5, 0.6) is 0 Å². The molecule has 0 aliphatic rings. The van der Waals surface area contributed by atoms with Crippen LogP contribution in [0.2, 0.25) is 10.0 Å². The van der Waals surface area contributed by atoms with Gasteiger partial charge in [-0.2, -0.15) is 0 Å². The van der Waals surface area contributed by atoms with Crippen molar-refractivity contribution >= 4 is 39.1 Å². The number of halogens is 3. The summed E-state index contributed by atoms with van der Waals surface area (Å²) in [4.78, 5) is 4.22. The molecule has 2 aromatic rings. The summed E-state index contributed by atoms with van der Waals surface area (Å²) >= 11 is 15.6. The maximum absolute atomic E-state index is 6.11. The highest BCUT2D eigenvalue weighted by Gasteiger charge is 2.10. The summed E-state index contributed by atoms with van der Waals surface area (Å²) in [6.07, 6.45) is 1.71. The number of hydrogen-bond donors (Lipinski definition) is 0. The molecule has 0 aliphatic heterocycles. The normalized spacial score (nSPS) is 10.3. The molecule has 0 radical (unpaired) electrons. The predicted molar refractivity (Wildman–Crippen MR) is 67.4 cm³/mol. The van der Waals surface area contributed by atoms with Crippen molar-refractivity contribution in [1.82, 2.24) is 4.98 Å². The zero-order chi connectivity index (χ0) is 10.8. The number of nitrogens with zero attached hydrogens (tertiary/aromatic N) is 1. The molecule has 1 heterocycles. The summed E-state index contributed by atoms with van der Waals surface area (Å²) < 4.78 is 0.859. The smallest absolute Gasteiger partial charge is 0.0731 e. The Morgan fingerprint density at radius 1 is 1.07 bits per heavy atom. The van der Waals surface area contributed by atoms with Crippen LogP contribution >= 0.6 is 39.1 Å². The molecule has 0 fully saturated rings. The van der Waals surface area contributed by atoms with Crippen LogP contribution in [0, 0.1) is 0 Å². The van der Waals surface area contributed by atoms with Gasteiger partial charge in [0.2, 0.25) is 0 Å². The molecule has 2 rings (SSSR count). The van der Waals surface area contributed by atoms with Gasteiger partial charge >= 0.3 is 0 Å². The molecule has 1 aromatic heterocycles. The van der Waals surface area contributed by atoms with Crippen molar-refractivity contribution in [1.29, 1.82) is 0 Å². The van der Waals surface area contributed by atoms with Gasteiger partial charge in [-0.05, 0) is 24.3 Å². The molecule has 76 valence electrons. The third-order valence-electron chi connectivity index (χ3n) is 1.93. The predicted octanol–water partition coefficient (Wildman–Crippen LogP) is 4.82. The quantitative estimate of drug-likeness (QED) is 0.736. The Balaban J connectivity index is 2.64. The fourth-order valence-electron chi connectivity index (χ4n) is 1.30. The lowest BCUT2D eigenvalue weighted by Gasteiger charge is -2.06. The highest BCUT2D eigenvalue weighted by atomic mass is 79.9. The van der Waals surface area contributed by atoms with E-state index in [1.54, 1.807) is 18.3 Å². The molecule has 0 N–H and O–H groups in total. The Bertz CT molecular complexity index is 462. The molecule has 15 heavy (non-hydrogen) atoms. The van der Waals surface area contributed by atoms with Crippen LogP contribution in [-0.4, -0.2) is 4.98 Å². The molecule has 0 spiro atoms. The molecule has 4 heteroatoms. The van der Waals surface area contributed by atoms with Crippen molar-refractivity contribution in [3.05, 3.63) is 51.0 Å². The molecular weight excluding hydrogens is 297 g/mol. The topological polar surface area (TPSA) is 12.9 Å². The van der Waals surface area contributed by atoms with Gasteiger partial charge in [-0.3, -0.25) is 4.98 Å². The second-order valence-corrected chi connectivity index (χ2v) is 4.69. The van der Waals surface area contributed by atoms with E-state index in [4.69, 9.17) is 23.2 Å². The number of benzene rings is 1. The van der Waals surface area contributed by atoms with Gasteiger partial charge in [0.05, 0.1) is 15.7 Å². The monoisotopic (exact) mass is 301 g/mol. The van der Waals surface area contributed by atoms with E-state index in [0.29, 0.717) is 10.0 Å². The van der Waals surface area contributed by atoms with Gasteiger partial charge in [-0.25, -0.2) is 0 Å². The summed E-state index contributed by atoms with van der Waals surface area (Å²) in [5.74, 6) is 0. The van der Waals surface area contributed by atoms with Crippen LogP contribution in [0.1, 0.15) is 0 Å². The van der Waals surface area contributed by atoms with Gasteiger partial charge in [-0.1, -0.05) is 45.2 Å². The van der Waals surface area contributed by atoms with Crippen molar-refractivity contribution in [2.75, 3.05) is 0 Å². The Hall–Kier alpha value is -0.570. The van der Waals surface area contributed by atoms with Crippen molar-refractivity contribution in [3.8, 4) is 11.3 Å². The lowest BCUT2D eigenvalue weighted by atomic mass is 10.1. The summed E-state index contributed by atoms with van der Waals surface area (Å²) in [5.41, 5.74) is 1.54. The third kappa shape index (κ3) is 2.33. The van der Waals surface area contributed by atoms with E-state index in [0.717, 1.165) is 15.7 Å². The minimum atomic E-state index is 0.591. The second-order valence-electron chi connectivity index (χ2n) is 2.96. The molecule has 0 saturated heterocycles. The lowest BCUT2D eigenvalue weighted by Crippen LogP contribution is -1.85. The fraction of sp³-hybridized carbons (Fsp3) is 0. The largest absolute Gasteiger partial charge is 0.256 e. The van der Waals surface area contributed by atoms with Gasteiger partial charge in [0.15, 0.2) is 0 Å². The lowest BCUT2D eigenvalue weighted by molar-refractivity contribution is 1.32. The Labute approximate surface area is 106 Å². The summed E-state index contributed by atoms with van der Waals surface area (Å²) in [7, 11) is 0. The van der Waals surface area contributed by atoms with E-state index in [1.165, 1.54) is 0 Å². The van der Waals surface area contributed by atoms with Crippen LogP contribution in [-0.2, 0) is 0 Å². The molecular formula is C11H6BrCl2N. The molecule has 1 nitrogen and oxygen atoms in total. The number of rotatable bonds is 1. The van der Waals surface area contributed by atoms with Gasteiger partial charge in [0.1, 0.15) is 0 Å². The first kappa shape index (κ1) is 10.9. The highest BCUT2D eigenvalue weighted by Crippen LogP contribution is 2.35. The molecule has 0 atom stereocenters. The number of pyridine rings is 1. The van der Waals surface area contributed by atoms with Crippen molar-refractivity contribution in [2.24, 2.45) is 0 Å². The number of hydrogen-bond acceptors (Lipinski definition) is 1. The van der Waals surface area contributed by atoms with E-state index < -0.39 is 0 Å². The van der Waals surface area contributed by atoms with Gasteiger partial charge < -0.3 is 0 Å². The Morgan fingerprint density at radius 3 is 2.27 bits per heavy atom. The third-order valence-corrected chi connectivity index (χ3v) is 2.98. The average Bonchev–Trinajstić information content (AvgIpc) is 2.17. The number of aromatic nitrogens is 1. The standard InChI is InChI=1S/C11H6BrCl2N/c12-7-5-8(13)11(9(14)6-7)10-3-1-2-4-15-10/h1-6H. The van der Waals surface area contributed by atoms with E-state index >= 15 is 0 Å². The van der Waals surface area contributed by atoms with Crippen molar-refractivity contribution < 1.29 is 0 Å². The van der Waals surface area contributed by atoms with Crippen LogP contribution in [0.4, 0.5) is 0 Å². The minimum Gasteiger partial charge on any atom is -0.256 e. The van der Waals surface area contributed by atoms with E-state index in [1.807, 2.05) is 18.2 Å². The van der Waals surface area contributed by atoms with E-state index in [9.17, 15) is 0 Å². The zero-order valence-electron chi connectivity index (χ0n) is 7.55. The van der Waals surface area contributed by atoms with Crippen molar-refractivity contribution in [2.45, 2.75) is 0 Å². The summed E-state index contributed by atoms with van der Waals surface area (Å²) in [6, 6.07) is 9.23. The Morgan fingerprint density at radius 2 is 1.73 bits per heavy atom. The van der Waals surface area contributed by atoms with E-state index in [2.05, 4.69) is 20.9 Å². The first-order chi connectivity index (χ1) is 7.18. The SMILES string of the molecule is Clc1cc(Br)cc(Cl)c1-c1ccccn1. The maximum atomic E-state index is 6.11. The van der Waals surface area contributed by atoms with Crippen LogP contribution in [0.15, 0.2) is 41.0 Å². The van der Waals surface area contributed by atoms with Crippen LogP contribution in [0.3, 0.4) is 0 Å². The van der Waals surface area contributed by atoms with Crippen LogP contribution < -0.4 is 0 Å². The Kier molecular flexibility index (Phi) is 3.29. The summed E-state index contributed by atoms with van der Waals surface area (Å²) in [5, 5.41) is 1.18. The fourth-order valence-corrected chi connectivity index (χ4v) is 2.70. The average molecular weight is 303 g/mol. The van der Waals surface area contributed by atoms with Gasteiger partial charge in [-0.15, -0.1) is 0 Å². The molecule has 0 amide bonds. The second kappa shape index (κ2) is 4.52. The zero-order valence-corrected chi connectivity index (χ0v) is 10.6. The molecule has 0 saturated carbocycles. The molecule has 0 aliphatic carbocycles. The van der Waals surface area contributed by atoms with Gasteiger partial charge in [0.25, 0.3) is 0 Å². The summed E-state index contributed by atoms with van der Waals surface area (Å²) in [6.45, 7) is 0. The first-order valence-corrected chi connectivity index (χ1v) is 5.79. The van der Waals surface area contributed by atoms with Gasteiger partial charge in [0, 0.05) is 16.2 Å². The molecule has 0 unspecified atom stereocenters. The van der Waals surface area contributed by atoms with E-state index in [-0.39, 0.29) is 0 Å². The highest BCUT2D eigenvalue weighted by molar-refractivity contribution is 9.10. The van der Waals surface area contributed by atoms with Crippen molar-refractivity contribution in [3.63, 3.8) is 0 Å².